The number of hydrogen-bond donors (Lipinski definition) is 1. The largest absolute Gasteiger partial charge is 0.493 e. The van der Waals surface area contributed by atoms with E-state index in [1.165, 1.54) is 11.3 Å². The number of hydrogen-bond acceptors (Lipinski definition) is 7. The fourth-order valence-corrected chi connectivity index (χ4v) is 2.96. The van der Waals surface area contributed by atoms with E-state index in [2.05, 4.69) is 24.8 Å². The summed E-state index contributed by atoms with van der Waals surface area (Å²) >= 11 is 1.47. The Morgan fingerprint density at radius 2 is 1.79 bits per heavy atom. The molecule has 0 atom stereocenters. The van der Waals surface area contributed by atoms with Gasteiger partial charge >= 0.3 is 0 Å². The number of piperazine rings is 1. The normalized spacial score (nSPS) is 15.8. The van der Waals surface area contributed by atoms with Gasteiger partial charge in [-0.2, -0.15) is 4.98 Å². The molecule has 0 spiro atoms. The Morgan fingerprint density at radius 1 is 1.11 bits per heavy atom. The fourth-order valence-electron chi connectivity index (χ4n) is 2.22. The van der Waals surface area contributed by atoms with Crippen molar-refractivity contribution in [3.05, 3.63) is 23.5 Å². The van der Waals surface area contributed by atoms with Crippen LogP contribution in [0.2, 0.25) is 0 Å². The molecule has 0 aliphatic carbocycles. The minimum Gasteiger partial charge on any atom is -0.493 e. The second-order valence-corrected chi connectivity index (χ2v) is 5.26. The summed E-state index contributed by atoms with van der Waals surface area (Å²) in [5, 5.41) is 11.8. The van der Waals surface area contributed by atoms with Crippen molar-refractivity contribution in [3.8, 4) is 5.88 Å². The smallest absolute Gasteiger partial charge is 0.223 e. The van der Waals surface area contributed by atoms with Crippen molar-refractivity contribution in [1.29, 1.82) is 0 Å². The first kappa shape index (κ1) is 12.2. The number of thiazole rings is 1. The summed E-state index contributed by atoms with van der Waals surface area (Å²) in [6.07, 6.45) is 3.45. The summed E-state index contributed by atoms with van der Waals surface area (Å²) in [7, 11) is 0. The quantitative estimate of drug-likeness (QED) is 0.892. The summed E-state index contributed by atoms with van der Waals surface area (Å²) in [4.78, 5) is 17.2. The minimum atomic E-state index is 0.104. The highest BCUT2D eigenvalue weighted by Crippen LogP contribution is 2.25. The molecule has 6 nitrogen and oxygen atoms in total. The van der Waals surface area contributed by atoms with Crippen molar-refractivity contribution in [2.75, 3.05) is 36.0 Å². The molecule has 0 unspecified atom stereocenters. The summed E-state index contributed by atoms with van der Waals surface area (Å²) in [6.45, 7) is 5.51. The van der Waals surface area contributed by atoms with Gasteiger partial charge in [0.2, 0.25) is 5.88 Å². The molecule has 0 aromatic carbocycles. The predicted octanol–water partition coefficient (Wildman–Crippen LogP) is 1.27. The molecule has 0 bridgehead atoms. The maximum atomic E-state index is 9.29. The average Bonchev–Trinajstić information content (AvgIpc) is 2.86. The standard InChI is InChI=1S/C12H15N5OS/c1-9-11(14-3-2-13-9)16-4-6-17(7-5-16)12-15-10(18)8-19-12/h2-3,8,18H,4-7H2,1H3. The van der Waals surface area contributed by atoms with Crippen LogP contribution >= 0.6 is 11.3 Å². The van der Waals surface area contributed by atoms with Crippen molar-refractivity contribution < 1.29 is 5.11 Å². The first-order chi connectivity index (χ1) is 9.24. The van der Waals surface area contributed by atoms with Crippen LogP contribution in [-0.4, -0.2) is 46.2 Å². The first-order valence-electron chi connectivity index (χ1n) is 6.16. The van der Waals surface area contributed by atoms with Crippen LogP contribution in [0, 0.1) is 6.92 Å². The number of aromatic nitrogens is 3. The van der Waals surface area contributed by atoms with Gasteiger partial charge < -0.3 is 14.9 Å². The highest BCUT2D eigenvalue weighted by molar-refractivity contribution is 7.13. The van der Waals surface area contributed by atoms with E-state index in [-0.39, 0.29) is 5.88 Å². The van der Waals surface area contributed by atoms with Gasteiger partial charge in [0.1, 0.15) is 5.82 Å². The van der Waals surface area contributed by atoms with E-state index in [0.717, 1.165) is 42.8 Å². The first-order valence-corrected chi connectivity index (χ1v) is 7.04. The highest BCUT2D eigenvalue weighted by atomic mass is 32.1. The van der Waals surface area contributed by atoms with Crippen LogP contribution in [0.25, 0.3) is 0 Å². The molecule has 1 aliphatic heterocycles. The lowest BCUT2D eigenvalue weighted by molar-refractivity contribution is 0.457. The van der Waals surface area contributed by atoms with Crippen molar-refractivity contribution in [2.45, 2.75) is 6.92 Å². The van der Waals surface area contributed by atoms with Gasteiger partial charge in [-0.25, -0.2) is 4.98 Å². The third kappa shape index (κ3) is 2.46. The molecule has 100 valence electrons. The lowest BCUT2D eigenvalue weighted by Crippen LogP contribution is -2.47. The third-order valence-corrected chi connectivity index (χ3v) is 4.07. The van der Waals surface area contributed by atoms with Crippen molar-refractivity contribution in [2.24, 2.45) is 0 Å². The summed E-state index contributed by atoms with van der Waals surface area (Å²) in [5.41, 5.74) is 0.961. The van der Waals surface area contributed by atoms with Crippen LogP contribution < -0.4 is 9.80 Å². The Balaban J connectivity index is 1.68. The SMILES string of the molecule is Cc1nccnc1N1CCN(c2nc(O)cs2)CC1. The molecule has 1 fully saturated rings. The molecule has 3 heterocycles. The Labute approximate surface area is 115 Å². The van der Waals surface area contributed by atoms with Crippen LogP contribution in [0.4, 0.5) is 10.9 Å². The molecule has 2 aromatic heterocycles. The van der Waals surface area contributed by atoms with Crippen molar-refractivity contribution in [1.82, 2.24) is 15.0 Å². The van der Waals surface area contributed by atoms with Crippen LogP contribution in [0.1, 0.15) is 5.69 Å². The van der Waals surface area contributed by atoms with Gasteiger partial charge in [0.25, 0.3) is 0 Å². The van der Waals surface area contributed by atoms with Gasteiger partial charge in [0.05, 0.1) is 11.1 Å². The van der Waals surface area contributed by atoms with Gasteiger partial charge in [-0.15, -0.1) is 11.3 Å². The number of aromatic hydroxyl groups is 1. The Bertz CT molecular complexity index is 565. The zero-order valence-corrected chi connectivity index (χ0v) is 11.5. The summed E-state index contributed by atoms with van der Waals surface area (Å²) in [5.74, 6) is 1.07. The predicted molar refractivity (Wildman–Crippen MR) is 75.0 cm³/mol. The van der Waals surface area contributed by atoms with E-state index in [4.69, 9.17) is 0 Å². The van der Waals surface area contributed by atoms with E-state index < -0.39 is 0 Å². The van der Waals surface area contributed by atoms with E-state index in [0.29, 0.717) is 0 Å². The van der Waals surface area contributed by atoms with E-state index in [1.807, 2.05) is 6.92 Å². The molecule has 2 aromatic rings. The molecular formula is C12H15N5OS. The fraction of sp³-hybridized carbons (Fsp3) is 0.417. The zero-order chi connectivity index (χ0) is 13.2. The van der Waals surface area contributed by atoms with Gasteiger partial charge in [-0.1, -0.05) is 0 Å². The number of rotatable bonds is 2. The molecule has 1 N–H and O–H groups in total. The van der Waals surface area contributed by atoms with Gasteiger partial charge in [0.15, 0.2) is 5.13 Å². The molecule has 0 saturated carbocycles. The maximum Gasteiger partial charge on any atom is 0.223 e. The topological polar surface area (TPSA) is 65.4 Å². The van der Waals surface area contributed by atoms with E-state index in [9.17, 15) is 5.11 Å². The molecule has 0 amide bonds. The Hall–Kier alpha value is -1.89. The van der Waals surface area contributed by atoms with Crippen LogP contribution in [0.3, 0.4) is 0 Å². The average molecular weight is 277 g/mol. The lowest BCUT2D eigenvalue weighted by atomic mass is 10.3. The molecule has 3 rings (SSSR count). The summed E-state index contributed by atoms with van der Waals surface area (Å²) in [6, 6.07) is 0. The Kier molecular flexibility index (Phi) is 3.20. The van der Waals surface area contributed by atoms with Crippen LogP contribution in [0.5, 0.6) is 5.88 Å². The Morgan fingerprint density at radius 3 is 2.42 bits per heavy atom. The molecular weight excluding hydrogens is 262 g/mol. The zero-order valence-electron chi connectivity index (χ0n) is 10.7. The molecule has 1 aliphatic rings. The van der Waals surface area contributed by atoms with Crippen molar-refractivity contribution >= 4 is 22.3 Å². The molecule has 7 heteroatoms. The molecule has 1 saturated heterocycles. The third-order valence-electron chi connectivity index (χ3n) is 3.18. The highest BCUT2D eigenvalue weighted by Gasteiger charge is 2.21. The van der Waals surface area contributed by atoms with E-state index in [1.54, 1.807) is 17.8 Å². The lowest BCUT2D eigenvalue weighted by Gasteiger charge is -2.35. The van der Waals surface area contributed by atoms with E-state index >= 15 is 0 Å². The second-order valence-electron chi connectivity index (χ2n) is 4.43. The van der Waals surface area contributed by atoms with Gasteiger partial charge in [-0.05, 0) is 6.92 Å². The number of anilines is 2. The summed E-state index contributed by atoms with van der Waals surface area (Å²) < 4.78 is 0. The monoisotopic (exact) mass is 277 g/mol. The molecule has 0 radical (unpaired) electrons. The maximum absolute atomic E-state index is 9.29. The number of nitrogens with zero attached hydrogens (tertiary/aromatic N) is 5. The van der Waals surface area contributed by atoms with Gasteiger partial charge in [-0.3, -0.25) is 4.98 Å². The van der Waals surface area contributed by atoms with Crippen molar-refractivity contribution in [3.63, 3.8) is 0 Å². The van der Waals surface area contributed by atoms with Gasteiger partial charge in [0, 0.05) is 38.6 Å². The number of aryl methyl sites for hydroxylation is 1. The molecule has 19 heavy (non-hydrogen) atoms. The minimum absolute atomic E-state index is 0.104. The second kappa shape index (κ2) is 5.00. The van der Waals surface area contributed by atoms with Crippen LogP contribution in [0.15, 0.2) is 17.8 Å². The van der Waals surface area contributed by atoms with Crippen LogP contribution in [-0.2, 0) is 0 Å².